The fraction of sp³-hybridized carbons (Fsp3) is 0.562. The summed E-state index contributed by atoms with van der Waals surface area (Å²) in [5.74, 6) is 0. The average molecular weight is 274 g/mol. The van der Waals surface area contributed by atoms with Crippen molar-refractivity contribution in [3.05, 3.63) is 29.8 Å². The van der Waals surface area contributed by atoms with Gasteiger partial charge < -0.3 is 9.64 Å². The molecule has 0 aliphatic carbocycles. The van der Waals surface area contributed by atoms with Crippen LogP contribution in [-0.2, 0) is 11.2 Å². The topological polar surface area (TPSA) is 32.8 Å². The Balaban J connectivity index is 1.79. The zero-order valence-electron chi connectivity index (χ0n) is 12.4. The van der Waals surface area contributed by atoms with Crippen molar-refractivity contribution in [2.24, 2.45) is 0 Å². The molecule has 4 nitrogen and oxygen atoms in total. The van der Waals surface area contributed by atoms with Gasteiger partial charge in [0.15, 0.2) is 0 Å². The number of carbonyl (C=O) groups is 1. The Kier molecular flexibility index (Phi) is 3.11. The summed E-state index contributed by atoms with van der Waals surface area (Å²) >= 11 is 0. The Morgan fingerprint density at radius 3 is 2.75 bits per heavy atom. The normalized spacial score (nSPS) is 21.4. The van der Waals surface area contributed by atoms with Crippen LogP contribution >= 0.6 is 0 Å². The molecule has 4 heteroatoms. The first-order valence-electron chi connectivity index (χ1n) is 7.30. The number of para-hydroxylation sites is 1. The minimum Gasteiger partial charge on any atom is -0.444 e. The quantitative estimate of drug-likeness (QED) is 0.729. The number of carbonyl (C=O) groups excluding carboxylic acids is 1. The maximum Gasteiger partial charge on any atom is 0.412 e. The number of benzene rings is 1. The number of fused-ring (bicyclic) bond motifs is 3. The van der Waals surface area contributed by atoms with Gasteiger partial charge in [-0.15, -0.1) is 0 Å². The van der Waals surface area contributed by atoms with Gasteiger partial charge in [-0.25, -0.2) is 4.79 Å². The van der Waals surface area contributed by atoms with E-state index >= 15 is 0 Å². The number of anilines is 1. The van der Waals surface area contributed by atoms with Gasteiger partial charge >= 0.3 is 6.09 Å². The molecular formula is C16H22N2O2. The van der Waals surface area contributed by atoms with Crippen molar-refractivity contribution in [1.82, 2.24) is 4.90 Å². The number of rotatable bonds is 0. The standard InChI is InChI=1S/C16H22N2O2/c1-16(2,3)20-15(19)18-11-10-17-13-7-5-4-6-12(13)8-9-14(17)18/h4-7,14H,8-11H2,1-3H3. The Morgan fingerprint density at radius 2 is 2.00 bits per heavy atom. The molecule has 1 aromatic carbocycles. The van der Waals surface area contributed by atoms with Crippen molar-refractivity contribution < 1.29 is 9.53 Å². The molecule has 2 aliphatic heterocycles. The summed E-state index contributed by atoms with van der Waals surface area (Å²) in [5, 5.41) is 0. The molecule has 1 atom stereocenters. The molecule has 0 saturated carbocycles. The number of aryl methyl sites for hydroxylation is 1. The van der Waals surface area contributed by atoms with Crippen LogP contribution in [0.15, 0.2) is 24.3 Å². The highest BCUT2D eigenvalue weighted by atomic mass is 16.6. The minimum absolute atomic E-state index is 0.153. The van der Waals surface area contributed by atoms with Crippen LogP contribution < -0.4 is 4.90 Å². The summed E-state index contributed by atoms with van der Waals surface area (Å²) in [7, 11) is 0. The van der Waals surface area contributed by atoms with Crippen LogP contribution in [0.3, 0.4) is 0 Å². The van der Waals surface area contributed by atoms with E-state index in [9.17, 15) is 4.79 Å². The van der Waals surface area contributed by atoms with Gasteiger partial charge in [0.25, 0.3) is 0 Å². The summed E-state index contributed by atoms with van der Waals surface area (Å²) in [6.07, 6.45) is 1.97. The zero-order valence-corrected chi connectivity index (χ0v) is 12.4. The largest absolute Gasteiger partial charge is 0.444 e. The lowest BCUT2D eigenvalue weighted by molar-refractivity contribution is 0.0220. The molecular weight excluding hydrogens is 252 g/mol. The predicted octanol–water partition coefficient (Wildman–Crippen LogP) is 3.02. The molecule has 2 heterocycles. The lowest BCUT2D eigenvalue weighted by Gasteiger charge is -2.37. The van der Waals surface area contributed by atoms with Gasteiger partial charge in [0.05, 0.1) is 0 Å². The summed E-state index contributed by atoms with van der Waals surface area (Å²) in [5.41, 5.74) is 2.22. The highest BCUT2D eigenvalue weighted by Crippen LogP contribution is 2.35. The Labute approximate surface area is 120 Å². The first-order valence-corrected chi connectivity index (χ1v) is 7.30. The summed E-state index contributed by atoms with van der Waals surface area (Å²) in [6, 6.07) is 8.49. The molecule has 1 fully saturated rings. The smallest absolute Gasteiger partial charge is 0.412 e. The Hall–Kier alpha value is -1.71. The molecule has 3 rings (SSSR count). The van der Waals surface area contributed by atoms with Crippen LogP contribution in [0.5, 0.6) is 0 Å². The van der Waals surface area contributed by atoms with Gasteiger partial charge in [-0.2, -0.15) is 0 Å². The van der Waals surface area contributed by atoms with Gasteiger partial charge in [-0.1, -0.05) is 18.2 Å². The molecule has 2 aliphatic rings. The van der Waals surface area contributed by atoms with E-state index in [1.807, 2.05) is 25.7 Å². The molecule has 1 amide bonds. The lowest BCUT2D eigenvalue weighted by Crippen LogP contribution is -2.46. The molecule has 1 saturated heterocycles. The molecule has 1 aromatic rings. The van der Waals surface area contributed by atoms with Gasteiger partial charge in [0, 0.05) is 18.8 Å². The van der Waals surface area contributed by atoms with E-state index in [1.165, 1.54) is 11.3 Å². The highest BCUT2D eigenvalue weighted by Gasteiger charge is 2.39. The molecule has 0 bridgehead atoms. The van der Waals surface area contributed by atoms with Gasteiger partial charge in [0.1, 0.15) is 11.8 Å². The van der Waals surface area contributed by atoms with Gasteiger partial charge in [0.2, 0.25) is 0 Å². The molecule has 0 N–H and O–H groups in total. The zero-order chi connectivity index (χ0) is 14.3. The van der Waals surface area contributed by atoms with Crippen LogP contribution in [0, 0.1) is 0 Å². The first-order chi connectivity index (χ1) is 9.46. The van der Waals surface area contributed by atoms with Crippen molar-refractivity contribution in [2.45, 2.75) is 45.4 Å². The number of hydrogen-bond donors (Lipinski definition) is 0. The minimum atomic E-state index is -0.433. The summed E-state index contributed by atoms with van der Waals surface area (Å²) in [4.78, 5) is 16.5. The maximum atomic E-state index is 12.3. The lowest BCUT2D eigenvalue weighted by atomic mass is 10.0. The fourth-order valence-electron chi connectivity index (χ4n) is 3.09. The van der Waals surface area contributed by atoms with Crippen LogP contribution in [0.4, 0.5) is 10.5 Å². The van der Waals surface area contributed by atoms with E-state index in [1.54, 1.807) is 0 Å². The molecule has 0 spiro atoms. The molecule has 0 aromatic heterocycles. The molecule has 1 unspecified atom stereocenters. The van der Waals surface area contributed by atoms with Crippen LogP contribution in [-0.4, -0.2) is 35.8 Å². The predicted molar refractivity (Wildman–Crippen MR) is 78.8 cm³/mol. The Morgan fingerprint density at radius 1 is 1.25 bits per heavy atom. The molecule has 108 valence electrons. The van der Waals surface area contributed by atoms with E-state index in [0.29, 0.717) is 0 Å². The van der Waals surface area contributed by atoms with Crippen molar-refractivity contribution >= 4 is 11.8 Å². The number of amides is 1. The van der Waals surface area contributed by atoms with Crippen molar-refractivity contribution in [3.8, 4) is 0 Å². The maximum absolute atomic E-state index is 12.3. The fourth-order valence-corrected chi connectivity index (χ4v) is 3.09. The second kappa shape index (κ2) is 4.69. The van der Waals surface area contributed by atoms with Crippen LogP contribution in [0.2, 0.25) is 0 Å². The van der Waals surface area contributed by atoms with Crippen molar-refractivity contribution in [3.63, 3.8) is 0 Å². The SMILES string of the molecule is CC(C)(C)OC(=O)N1CCN2c3ccccc3CCC12. The van der Waals surface area contributed by atoms with Crippen molar-refractivity contribution in [2.75, 3.05) is 18.0 Å². The van der Waals surface area contributed by atoms with Gasteiger partial charge in [-0.3, -0.25) is 4.90 Å². The van der Waals surface area contributed by atoms with Crippen molar-refractivity contribution in [1.29, 1.82) is 0 Å². The third kappa shape index (κ3) is 2.35. The third-order valence-electron chi connectivity index (χ3n) is 3.90. The van der Waals surface area contributed by atoms with E-state index in [0.717, 1.165) is 25.9 Å². The number of hydrogen-bond acceptors (Lipinski definition) is 3. The Bertz CT molecular complexity index is 521. The van der Waals surface area contributed by atoms with Gasteiger partial charge in [-0.05, 0) is 45.2 Å². The average Bonchev–Trinajstić information content (AvgIpc) is 2.81. The second-order valence-electron chi connectivity index (χ2n) is 6.52. The van der Waals surface area contributed by atoms with Crippen LogP contribution in [0.1, 0.15) is 32.8 Å². The number of ether oxygens (including phenoxy) is 1. The molecule has 20 heavy (non-hydrogen) atoms. The first kappa shape index (κ1) is 13.3. The van der Waals surface area contributed by atoms with E-state index in [4.69, 9.17) is 4.74 Å². The summed E-state index contributed by atoms with van der Waals surface area (Å²) < 4.78 is 5.52. The van der Waals surface area contributed by atoms with E-state index in [2.05, 4.69) is 29.2 Å². The number of nitrogens with zero attached hydrogens (tertiary/aromatic N) is 2. The summed E-state index contributed by atoms with van der Waals surface area (Å²) in [6.45, 7) is 7.37. The van der Waals surface area contributed by atoms with E-state index in [-0.39, 0.29) is 12.3 Å². The monoisotopic (exact) mass is 274 g/mol. The highest BCUT2D eigenvalue weighted by molar-refractivity contribution is 5.71. The molecule has 0 radical (unpaired) electrons. The third-order valence-corrected chi connectivity index (χ3v) is 3.90. The van der Waals surface area contributed by atoms with Crippen LogP contribution in [0.25, 0.3) is 0 Å². The van der Waals surface area contributed by atoms with E-state index < -0.39 is 5.60 Å². The second-order valence-corrected chi connectivity index (χ2v) is 6.52.